The third kappa shape index (κ3) is 4.65. The summed E-state index contributed by atoms with van der Waals surface area (Å²) in [4.78, 5) is 13.0. The summed E-state index contributed by atoms with van der Waals surface area (Å²) in [5.74, 6) is -1.65. The molecule has 112 valence electrons. The summed E-state index contributed by atoms with van der Waals surface area (Å²) in [6.45, 7) is 3.34. The van der Waals surface area contributed by atoms with Gasteiger partial charge in [0.2, 0.25) is 0 Å². The molecule has 6 heteroatoms. The van der Waals surface area contributed by atoms with E-state index in [9.17, 15) is 9.18 Å². The molecule has 0 aliphatic carbocycles. The molecule has 1 aliphatic heterocycles. The summed E-state index contributed by atoms with van der Waals surface area (Å²) < 4.78 is 18.9. The van der Waals surface area contributed by atoms with Crippen LogP contribution in [0, 0.1) is 5.82 Å². The number of aromatic carboxylic acids is 1. The van der Waals surface area contributed by atoms with Crippen molar-refractivity contribution >= 4 is 18.4 Å². The topological polar surface area (TPSA) is 49.8 Å². The number of carboxylic acids is 1. The lowest BCUT2D eigenvalue weighted by molar-refractivity contribution is 0.0696. The van der Waals surface area contributed by atoms with E-state index in [0.29, 0.717) is 6.61 Å². The van der Waals surface area contributed by atoms with Crippen molar-refractivity contribution in [3.05, 3.63) is 29.6 Å². The smallest absolute Gasteiger partial charge is 0.335 e. The number of halogens is 2. The molecule has 1 saturated heterocycles. The van der Waals surface area contributed by atoms with E-state index >= 15 is 0 Å². The van der Waals surface area contributed by atoms with Crippen LogP contribution >= 0.6 is 12.4 Å². The molecular weight excluding hydrogens is 285 g/mol. The van der Waals surface area contributed by atoms with Gasteiger partial charge in [0, 0.05) is 6.54 Å². The SMILES string of the molecule is Cl.O=C(O)c1ccc(OCCN2CCCCC2)c(F)c1. The summed E-state index contributed by atoms with van der Waals surface area (Å²) in [6.07, 6.45) is 3.70. The molecule has 0 unspecified atom stereocenters. The molecule has 0 spiro atoms. The molecule has 1 heterocycles. The molecule has 0 atom stereocenters. The molecule has 4 nitrogen and oxygen atoms in total. The Balaban J connectivity index is 0.00000200. The van der Waals surface area contributed by atoms with Gasteiger partial charge in [-0.15, -0.1) is 12.4 Å². The summed E-state index contributed by atoms with van der Waals surface area (Å²) >= 11 is 0. The third-order valence-electron chi connectivity index (χ3n) is 3.29. The van der Waals surface area contributed by atoms with Crippen molar-refractivity contribution in [3.8, 4) is 5.75 Å². The largest absolute Gasteiger partial charge is 0.489 e. The first kappa shape index (κ1) is 16.7. The number of hydrogen-bond acceptors (Lipinski definition) is 3. The van der Waals surface area contributed by atoms with Crippen LogP contribution < -0.4 is 4.74 Å². The molecule has 2 rings (SSSR count). The highest BCUT2D eigenvalue weighted by Gasteiger charge is 2.12. The minimum Gasteiger partial charge on any atom is -0.489 e. The van der Waals surface area contributed by atoms with Crippen LogP contribution in [0.25, 0.3) is 0 Å². The molecule has 0 amide bonds. The fourth-order valence-electron chi connectivity index (χ4n) is 2.22. The number of likely N-dealkylation sites (tertiary alicyclic amines) is 1. The molecule has 0 bridgehead atoms. The Bertz CT molecular complexity index is 450. The van der Waals surface area contributed by atoms with Crippen molar-refractivity contribution in [2.75, 3.05) is 26.2 Å². The molecule has 0 aromatic heterocycles. The van der Waals surface area contributed by atoms with Gasteiger partial charge in [0.05, 0.1) is 5.56 Å². The van der Waals surface area contributed by atoms with Gasteiger partial charge >= 0.3 is 5.97 Å². The summed E-state index contributed by atoms with van der Waals surface area (Å²) in [6, 6.07) is 3.70. The standard InChI is InChI=1S/C14H18FNO3.ClH/c15-12-10-11(14(17)18)4-5-13(12)19-9-8-16-6-2-1-3-7-16;/h4-5,10H,1-3,6-9H2,(H,17,18);1H. The Morgan fingerprint density at radius 1 is 1.30 bits per heavy atom. The number of hydrogen-bond donors (Lipinski definition) is 1. The zero-order chi connectivity index (χ0) is 13.7. The predicted octanol–water partition coefficient (Wildman–Crippen LogP) is 2.81. The van der Waals surface area contributed by atoms with Crippen molar-refractivity contribution < 1.29 is 19.0 Å². The van der Waals surface area contributed by atoms with Crippen LogP contribution in [0.1, 0.15) is 29.6 Å². The van der Waals surface area contributed by atoms with Crippen LogP contribution in [-0.2, 0) is 0 Å². The third-order valence-corrected chi connectivity index (χ3v) is 3.29. The Labute approximate surface area is 123 Å². The van der Waals surface area contributed by atoms with Crippen molar-refractivity contribution in [3.63, 3.8) is 0 Å². The molecule has 20 heavy (non-hydrogen) atoms. The van der Waals surface area contributed by atoms with Gasteiger partial charge in [-0.2, -0.15) is 0 Å². The zero-order valence-electron chi connectivity index (χ0n) is 11.2. The van der Waals surface area contributed by atoms with Crippen LogP contribution in [0.3, 0.4) is 0 Å². The molecule has 1 N–H and O–H groups in total. The minimum absolute atomic E-state index is 0. The second-order valence-corrected chi connectivity index (χ2v) is 4.70. The first-order valence-corrected chi connectivity index (χ1v) is 6.55. The first-order valence-electron chi connectivity index (χ1n) is 6.55. The number of benzene rings is 1. The summed E-state index contributed by atoms with van der Waals surface area (Å²) in [5, 5.41) is 8.73. The van der Waals surface area contributed by atoms with Crippen LogP contribution in [0.2, 0.25) is 0 Å². The van der Waals surface area contributed by atoms with Crippen LogP contribution in [0.15, 0.2) is 18.2 Å². The van der Waals surface area contributed by atoms with E-state index in [1.54, 1.807) is 0 Å². The maximum atomic E-state index is 13.6. The lowest BCUT2D eigenvalue weighted by atomic mass is 10.1. The molecule has 1 aromatic carbocycles. The fourth-order valence-corrected chi connectivity index (χ4v) is 2.22. The monoisotopic (exact) mass is 303 g/mol. The summed E-state index contributed by atoms with van der Waals surface area (Å²) in [5.41, 5.74) is -0.0686. The number of nitrogens with zero attached hydrogens (tertiary/aromatic N) is 1. The van der Waals surface area contributed by atoms with Crippen LogP contribution in [0.4, 0.5) is 4.39 Å². The Morgan fingerprint density at radius 2 is 2.00 bits per heavy atom. The highest BCUT2D eigenvalue weighted by Crippen LogP contribution is 2.18. The van der Waals surface area contributed by atoms with Gasteiger partial charge < -0.3 is 9.84 Å². The van der Waals surface area contributed by atoms with E-state index in [1.165, 1.54) is 31.4 Å². The first-order chi connectivity index (χ1) is 9.16. The molecule has 1 aliphatic rings. The zero-order valence-corrected chi connectivity index (χ0v) is 12.0. The summed E-state index contributed by atoms with van der Waals surface area (Å²) in [7, 11) is 0. The van der Waals surface area contributed by atoms with E-state index < -0.39 is 11.8 Å². The van der Waals surface area contributed by atoms with Gasteiger partial charge in [-0.05, 0) is 44.1 Å². The van der Waals surface area contributed by atoms with Gasteiger partial charge in [-0.25, -0.2) is 9.18 Å². The maximum Gasteiger partial charge on any atom is 0.335 e. The van der Waals surface area contributed by atoms with E-state index in [0.717, 1.165) is 25.7 Å². The molecular formula is C14H19ClFNO3. The number of rotatable bonds is 5. The van der Waals surface area contributed by atoms with Gasteiger partial charge in [0.15, 0.2) is 11.6 Å². The van der Waals surface area contributed by atoms with E-state index in [4.69, 9.17) is 9.84 Å². The van der Waals surface area contributed by atoms with E-state index in [-0.39, 0.29) is 23.7 Å². The van der Waals surface area contributed by atoms with Gasteiger partial charge in [-0.3, -0.25) is 4.90 Å². The molecule has 0 radical (unpaired) electrons. The van der Waals surface area contributed by atoms with Crippen molar-refractivity contribution in [2.45, 2.75) is 19.3 Å². The van der Waals surface area contributed by atoms with Crippen molar-refractivity contribution in [1.82, 2.24) is 4.90 Å². The highest BCUT2D eigenvalue weighted by molar-refractivity contribution is 5.87. The maximum absolute atomic E-state index is 13.6. The second-order valence-electron chi connectivity index (χ2n) is 4.70. The lowest BCUT2D eigenvalue weighted by Gasteiger charge is -2.26. The van der Waals surface area contributed by atoms with Gasteiger partial charge in [-0.1, -0.05) is 6.42 Å². The predicted molar refractivity (Wildman–Crippen MR) is 76.4 cm³/mol. The number of ether oxygens (including phenoxy) is 1. The minimum atomic E-state index is -1.14. The quantitative estimate of drug-likeness (QED) is 0.909. The Hall–Kier alpha value is -1.33. The van der Waals surface area contributed by atoms with Gasteiger partial charge in [0.25, 0.3) is 0 Å². The van der Waals surface area contributed by atoms with E-state index in [1.807, 2.05) is 0 Å². The fraction of sp³-hybridized carbons (Fsp3) is 0.500. The molecule has 1 aromatic rings. The van der Waals surface area contributed by atoms with Gasteiger partial charge in [0.1, 0.15) is 6.61 Å². The average molecular weight is 304 g/mol. The Morgan fingerprint density at radius 3 is 2.60 bits per heavy atom. The number of carbonyl (C=O) groups is 1. The molecule has 1 fully saturated rings. The molecule has 0 saturated carbocycles. The highest BCUT2D eigenvalue weighted by atomic mass is 35.5. The van der Waals surface area contributed by atoms with E-state index in [2.05, 4.69) is 4.90 Å². The number of piperidine rings is 1. The second kappa shape index (κ2) is 8.07. The normalized spacial score (nSPS) is 15.4. The van der Waals surface area contributed by atoms with Crippen molar-refractivity contribution in [1.29, 1.82) is 0 Å². The number of carboxylic acid groups (broad SMARTS) is 1. The van der Waals surface area contributed by atoms with Crippen LogP contribution in [-0.4, -0.2) is 42.2 Å². The lowest BCUT2D eigenvalue weighted by Crippen LogP contribution is -2.33. The Kier molecular flexibility index (Phi) is 6.75. The van der Waals surface area contributed by atoms with Crippen LogP contribution in [0.5, 0.6) is 5.75 Å². The van der Waals surface area contributed by atoms with Crippen molar-refractivity contribution in [2.24, 2.45) is 0 Å². The average Bonchev–Trinajstić information content (AvgIpc) is 2.41.